The number of halogens is 1. The topological polar surface area (TPSA) is 87.2 Å². The molecule has 0 aromatic heterocycles. The van der Waals surface area contributed by atoms with E-state index in [1.807, 2.05) is 26.0 Å². The second-order valence-electron chi connectivity index (χ2n) is 8.93. The Morgan fingerprint density at radius 1 is 1.11 bits per heavy atom. The summed E-state index contributed by atoms with van der Waals surface area (Å²) in [5.74, 6) is -0.144. The van der Waals surface area contributed by atoms with Crippen molar-refractivity contribution in [1.29, 1.82) is 0 Å². The highest BCUT2D eigenvalue weighted by atomic mass is 35.5. The zero-order chi connectivity index (χ0) is 25.3. The van der Waals surface area contributed by atoms with E-state index in [9.17, 15) is 18.0 Å². The predicted molar refractivity (Wildman–Crippen MR) is 133 cm³/mol. The monoisotopic (exact) mass is 519 g/mol. The number of fused-ring (bicyclic) bond motifs is 1. The summed E-state index contributed by atoms with van der Waals surface area (Å²) in [6.07, 6.45) is 0.203. The second-order valence-corrected chi connectivity index (χ2v) is 11.2. The van der Waals surface area contributed by atoms with Crippen molar-refractivity contribution in [1.82, 2.24) is 14.1 Å². The molecule has 0 saturated carbocycles. The van der Waals surface area contributed by atoms with Gasteiger partial charge in [-0.15, -0.1) is 0 Å². The van der Waals surface area contributed by atoms with Crippen LogP contribution in [0.3, 0.4) is 0 Å². The number of rotatable bonds is 7. The van der Waals surface area contributed by atoms with E-state index in [1.54, 1.807) is 35.2 Å². The molecule has 2 atom stereocenters. The highest BCUT2D eigenvalue weighted by Crippen LogP contribution is 2.34. The smallest absolute Gasteiger partial charge is 0.248 e. The maximum Gasteiger partial charge on any atom is 0.248 e. The number of hydrogen-bond acceptors (Lipinski definition) is 5. The third kappa shape index (κ3) is 4.90. The molecule has 2 aliphatic heterocycles. The molecule has 8 nitrogen and oxygen atoms in total. The Bertz CT molecular complexity index is 1220. The lowest BCUT2D eigenvalue weighted by atomic mass is 9.98. The van der Waals surface area contributed by atoms with Gasteiger partial charge in [0.1, 0.15) is 22.9 Å². The Labute approximate surface area is 211 Å². The molecule has 2 aromatic rings. The van der Waals surface area contributed by atoms with Gasteiger partial charge < -0.3 is 14.5 Å². The molecule has 35 heavy (non-hydrogen) atoms. The molecule has 2 fully saturated rings. The summed E-state index contributed by atoms with van der Waals surface area (Å²) in [7, 11) is -2.59. The number of aryl methyl sites for hydroxylation is 1. The van der Waals surface area contributed by atoms with Crippen molar-refractivity contribution in [3.05, 3.63) is 58.6 Å². The quantitative estimate of drug-likeness (QED) is 0.561. The third-order valence-electron chi connectivity index (χ3n) is 6.55. The average molecular weight is 520 g/mol. The summed E-state index contributed by atoms with van der Waals surface area (Å²) in [5, 5.41) is 0.577. The van der Waals surface area contributed by atoms with E-state index in [2.05, 4.69) is 0 Å². The Hall–Kier alpha value is -2.62. The fourth-order valence-corrected chi connectivity index (χ4v) is 6.80. The molecule has 0 N–H and O–H groups in total. The van der Waals surface area contributed by atoms with Crippen LogP contribution in [0.15, 0.2) is 47.4 Å². The predicted octanol–water partition coefficient (Wildman–Crippen LogP) is 3.07. The number of amides is 2. The zero-order valence-electron chi connectivity index (χ0n) is 20.1. The fourth-order valence-electron chi connectivity index (χ4n) is 4.86. The molecule has 0 bridgehead atoms. The van der Waals surface area contributed by atoms with Crippen LogP contribution in [0, 0.1) is 6.92 Å². The van der Waals surface area contributed by atoms with Crippen LogP contribution in [0.4, 0.5) is 0 Å². The van der Waals surface area contributed by atoms with E-state index in [0.717, 1.165) is 17.5 Å². The van der Waals surface area contributed by atoms with Crippen LogP contribution in [0.25, 0.3) is 0 Å². The minimum Gasteiger partial charge on any atom is -0.495 e. The summed E-state index contributed by atoms with van der Waals surface area (Å²) in [4.78, 5) is 29.9. The largest absolute Gasteiger partial charge is 0.495 e. The first-order valence-electron chi connectivity index (χ1n) is 11.7. The standard InChI is InChI=1S/C25H30ClN3O5S/c1-4-12-27-16-23-28(35(32,33)22-14-17(2)5-10-21(22)34-3)13-11-24(30)29(23)20(25(27)31)15-18-6-8-19(26)9-7-18/h5-10,14,20,23H,4,11-13,15-16H2,1-3H3. The van der Waals surface area contributed by atoms with E-state index < -0.39 is 22.2 Å². The van der Waals surface area contributed by atoms with Crippen LogP contribution in [-0.2, 0) is 26.0 Å². The summed E-state index contributed by atoms with van der Waals surface area (Å²) in [6, 6.07) is 11.3. The number of hydrogen-bond donors (Lipinski definition) is 0. The molecule has 0 spiro atoms. The van der Waals surface area contributed by atoms with Gasteiger partial charge in [0.2, 0.25) is 21.8 Å². The molecular weight excluding hydrogens is 490 g/mol. The molecule has 2 heterocycles. The van der Waals surface area contributed by atoms with Gasteiger partial charge in [-0.2, -0.15) is 4.31 Å². The lowest BCUT2D eigenvalue weighted by molar-refractivity contribution is -0.164. The number of sulfonamides is 1. The molecule has 4 rings (SSSR count). The molecule has 2 aromatic carbocycles. The molecule has 188 valence electrons. The van der Waals surface area contributed by atoms with Gasteiger partial charge in [0, 0.05) is 31.0 Å². The normalized spacial score (nSPS) is 21.3. The second kappa shape index (κ2) is 10.2. The van der Waals surface area contributed by atoms with Gasteiger partial charge in [0.25, 0.3) is 0 Å². The van der Waals surface area contributed by atoms with Gasteiger partial charge in [-0.25, -0.2) is 8.42 Å². The minimum absolute atomic E-state index is 0.00202. The third-order valence-corrected chi connectivity index (χ3v) is 8.72. The molecule has 2 unspecified atom stereocenters. The maximum absolute atomic E-state index is 13.9. The van der Waals surface area contributed by atoms with Crippen molar-refractivity contribution in [2.75, 3.05) is 26.7 Å². The molecule has 2 aliphatic rings. The first kappa shape index (κ1) is 25.5. The first-order chi connectivity index (χ1) is 16.7. The van der Waals surface area contributed by atoms with E-state index >= 15 is 0 Å². The fraction of sp³-hybridized carbons (Fsp3) is 0.440. The number of nitrogens with zero attached hydrogens (tertiary/aromatic N) is 3. The van der Waals surface area contributed by atoms with E-state index in [1.165, 1.54) is 16.3 Å². The number of benzene rings is 2. The highest BCUT2D eigenvalue weighted by Gasteiger charge is 2.50. The van der Waals surface area contributed by atoms with Crippen LogP contribution in [0.5, 0.6) is 5.75 Å². The molecule has 2 saturated heterocycles. The number of carbonyl (C=O) groups is 2. The molecular formula is C25H30ClN3O5S. The van der Waals surface area contributed by atoms with E-state index in [-0.39, 0.29) is 48.4 Å². The van der Waals surface area contributed by atoms with Crippen LogP contribution in [0.2, 0.25) is 5.02 Å². The van der Waals surface area contributed by atoms with Gasteiger partial charge in [-0.3, -0.25) is 9.59 Å². The SMILES string of the molecule is CCCN1CC2N(C(=O)CCN2S(=O)(=O)c2cc(C)ccc2OC)C(Cc2ccc(Cl)cc2)C1=O. The maximum atomic E-state index is 13.9. The van der Waals surface area contributed by atoms with Crippen molar-refractivity contribution in [2.45, 2.75) is 50.2 Å². The van der Waals surface area contributed by atoms with Crippen LogP contribution >= 0.6 is 11.6 Å². The van der Waals surface area contributed by atoms with Crippen LogP contribution < -0.4 is 4.74 Å². The van der Waals surface area contributed by atoms with Crippen molar-refractivity contribution < 1.29 is 22.7 Å². The Morgan fingerprint density at radius 3 is 2.49 bits per heavy atom. The number of piperazine rings is 1. The lowest BCUT2D eigenvalue weighted by Gasteiger charge is -2.51. The highest BCUT2D eigenvalue weighted by molar-refractivity contribution is 7.89. The van der Waals surface area contributed by atoms with Crippen molar-refractivity contribution in [3.63, 3.8) is 0 Å². The van der Waals surface area contributed by atoms with E-state index in [4.69, 9.17) is 16.3 Å². The number of carbonyl (C=O) groups excluding carboxylic acids is 2. The molecule has 0 aliphatic carbocycles. The van der Waals surface area contributed by atoms with Gasteiger partial charge in [-0.05, 0) is 48.7 Å². The van der Waals surface area contributed by atoms with Crippen molar-refractivity contribution in [3.8, 4) is 5.75 Å². The zero-order valence-corrected chi connectivity index (χ0v) is 21.7. The first-order valence-corrected chi connectivity index (χ1v) is 13.5. The van der Waals surface area contributed by atoms with Gasteiger partial charge >= 0.3 is 0 Å². The van der Waals surface area contributed by atoms with Crippen LogP contribution in [0.1, 0.15) is 30.9 Å². The van der Waals surface area contributed by atoms with Gasteiger partial charge in [-0.1, -0.05) is 36.7 Å². The summed E-state index contributed by atoms with van der Waals surface area (Å²) in [6.45, 7) is 4.43. The van der Waals surface area contributed by atoms with Gasteiger partial charge in [0.15, 0.2) is 0 Å². The molecule has 2 amide bonds. The Kier molecular flexibility index (Phi) is 7.40. The van der Waals surface area contributed by atoms with Crippen molar-refractivity contribution >= 4 is 33.4 Å². The average Bonchev–Trinajstić information content (AvgIpc) is 2.83. The van der Waals surface area contributed by atoms with Gasteiger partial charge in [0.05, 0.1) is 13.7 Å². The Morgan fingerprint density at radius 2 is 1.83 bits per heavy atom. The minimum atomic E-state index is -4.02. The summed E-state index contributed by atoms with van der Waals surface area (Å²) in [5.41, 5.74) is 1.62. The lowest BCUT2D eigenvalue weighted by Crippen LogP contribution is -2.71. The van der Waals surface area contributed by atoms with E-state index in [0.29, 0.717) is 11.6 Å². The van der Waals surface area contributed by atoms with Crippen LogP contribution in [-0.4, -0.2) is 73.3 Å². The molecule has 10 heteroatoms. The molecule has 0 radical (unpaired) electrons. The Balaban J connectivity index is 1.76. The number of ether oxygens (including phenoxy) is 1. The summed E-state index contributed by atoms with van der Waals surface area (Å²) < 4.78 is 34.6. The number of methoxy groups -OCH3 is 1. The summed E-state index contributed by atoms with van der Waals surface area (Å²) >= 11 is 6.02. The van der Waals surface area contributed by atoms with Crippen molar-refractivity contribution in [2.24, 2.45) is 0 Å².